The van der Waals surface area contributed by atoms with Crippen molar-refractivity contribution in [2.24, 2.45) is 5.92 Å². The maximum atomic E-state index is 6.49. The number of nitrogens with one attached hydrogen (secondary N) is 1. The van der Waals surface area contributed by atoms with Crippen molar-refractivity contribution in [3.05, 3.63) is 0 Å². The molecule has 0 bridgehead atoms. The molecule has 2 heterocycles. The lowest BCUT2D eigenvalue weighted by atomic mass is 9.94. The molecule has 19 heavy (non-hydrogen) atoms. The molecule has 1 saturated carbocycles. The Labute approximate surface area is 122 Å². The number of rotatable bonds is 5. The third-order valence-electron chi connectivity index (χ3n) is 5.27. The van der Waals surface area contributed by atoms with Crippen LogP contribution in [-0.2, 0) is 4.74 Å². The summed E-state index contributed by atoms with van der Waals surface area (Å²) in [5.41, 5.74) is 0.322. The first-order valence-electron chi connectivity index (χ1n) is 8.30. The van der Waals surface area contributed by atoms with Gasteiger partial charge in [-0.25, -0.2) is 0 Å². The average molecular weight is 283 g/mol. The molecular formula is C16H29NOS. The van der Waals surface area contributed by atoms with E-state index in [0.717, 1.165) is 12.0 Å². The number of thioether (sulfide) groups is 1. The summed E-state index contributed by atoms with van der Waals surface area (Å²) in [4.78, 5) is 0. The molecule has 3 aliphatic rings. The van der Waals surface area contributed by atoms with Crippen molar-refractivity contribution in [1.82, 2.24) is 5.32 Å². The molecule has 3 fully saturated rings. The zero-order chi connectivity index (χ0) is 13.1. The van der Waals surface area contributed by atoms with Gasteiger partial charge in [-0.05, 0) is 56.7 Å². The zero-order valence-electron chi connectivity index (χ0n) is 12.3. The summed E-state index contributed by atoms with van der Waals surface area (Å²) in [5, 5.41) is 3.74. The van der Waals surface area contributed by atoms with Gasteiger partial charge in [0.05, 0.1) is 11.7 Å². The van der Waals surface area contributed by atoms with Gasteiger partial charge in [-0.1, -0.05) is 19.8 Å². The summed E-state index contributed by atoms with van der Waals surface area (Å²) < 4.78 is 6.49. The monoisotopic (exact) mass is 283 g/mol. The van der Waals surface area contributed by atoms with Crippen LogP contribution in [0.25, 0.3) is 0 Å². The van der Waals surface area contributed by atoms with Crippen LogP contribution in [0.3, 0.4) is 0 Å². The van der Waals surface area contributed by atoms with Crippen LogP contribution in [-0.4, -0.2) is 35.8 Å². The molecule has 2 nitrogen and oxygen atoms in total. The molecule has 3 unspecified atom stereocenters. The summed E-state index contributed by atoms with van der Waals surface area (Å²) >= 11 is 2.13. The van der Waals surface area contributed by atoms with E-state index in [2.05, 4.69) is 24.0 Å². The second-order valence-electron chi connectivity index (χ2n) is 6.76. The minimum absolute atomic E-state index is 0.322. The fourth-order valence-corrected chi connectivity index (χ4v) is 5.62. The molecule has 0 aromatic heterocycles. The highest BCUT2D eigenvalue weighted by atomic mass is 32.2. The fourth-order valence-electron chi connectivity index (χ4n) is 4.17. The van der Waals surface area contributed by atoms with Crippen LogP contribution in [0.5, 0.6) is 0 Å². The van der Waals surface area contributed by atoms with E-state index in [9.17, 15) is 0 Å². The Balaban J connectivity index is 1.48. The van der Waals surface area contributed by atoms with Crippen LogP contribution in [0.1, 0.15) is 58.3 Å². The molecule has 3 rings (SSSR count). The van der Waals surface area contributed by atoms with E-state index in [1.807, 2.05) is 0 Å². The molecule has 0 amide bonds. The maximum absolute atomic E-state index is 6.49. The van der Waals surface area contributed by atoms with Gasteiger partial charge >= 0.3 is 0 Å². The zero-order valence-corrected chi connectivity index (χ0v) is 13.1. The Bertz CT molecular complexity index is 290. The second-order valence-corrected chi connectivity index (χ2v) is 7.84. The first kappa shape index (κ1) is 14.2. The van der Waals surface area contributed by atoms with Crippen molar-refractivity contribution in [3.63, 3.8) is 0 Å². The van der Waals surface area contributed by atoms with E-state index in [1.54, 1.807) is 0 Å². The van der Waals surface area contributed by atoms with Crippen LogP contribution < -0.4 is 5.32 Å². The number of hydrogen-bond acceptors (Lipinski definition) is 3. The van der Waals surface area contributed by atoms with Gasteiger partial charge in [0, 0.05) is 11.8 Å². The van der Waals surface area contributed by atoms with Crippen molar-refractivity contribution >= 4 is 11.8 Å². The largest absolute Gasteiger partial charge is 0.372 e. The van der Waals surface area contributed by atoms with Gasteiger partial charge in [-0.3, -0.25) is 0 Å². The minimum atomic E-state index is 0.322. The quantitative estimate of drug-likeness (QED) is 0.833. The van der Waals surface area contributed by atoms with E-state index < -0.39 is 0 Å². The first-order valence-corrected chi connectivity index (χ1v) is 9.46. The molecule has 110 valence electrons. The Morgan fingerprint density at radius 3 is 2.84 bits per heavy atom. The van der Waals surface area contributed by atoms with Gasteiger partial charge in [0.25, 0.3) is 0 Å². The Morgan fingerprint density at radius 2 is 2.05 bits per heavy atom. The third-order valence-corrected chi connectivity index (χ3v) is 6.53. The molecule has 0 radical (unpaired) electrons. The fraction of sp³-hybridized carbons (Fsp3) is 1.00. The molecule has 1 aliphatic carbocycles. The molecular weight excluding hydrogens is 254 g/mol. The van der Waals surface area contributed by atoms with Gasteiger partial charge in [-0.15, -0.1) is 0 Å². The topological polar surface area (TPSA) is 21.3 Å². The summed E-state index contributed by atoms with van der Waals surface area (Å²) in [7, 11) is 0. The highest BCUT2D eigenvalue weighted by molar-refractivity contribution is 7.99. The minimum Gasteiger partial charge on any atom is -0.372 e. The van der Waals surface area contributed by atoms with E-state index in [1.165, 1.54) is 69.4 Å². The van der Waals surface area contributed by atoms with Gasteiger partial charge in [-0.2, -0.15) is 11.8 Å². The molecule has 3 atom stereocenters. The lowest BCUT2D eigenvalue weighted by Crippen LogP contribution is -2.37. The van der Waals surface area contributed by atoms with Gasteiger partial charge in [0.15, 0.2) is 0 Å². The van der Waals surface area contributed by atoms with Crippen LogP contribution in [0.4, 0.5) is 0 Å². The molecule has 0 aromatic carbocycles. The molecule has 2 saturated heterocycles. The normalized spacial score (nSPS) is 37.4. The second kappa shape index (κ2) is 6.36. The lowest BCUT2D eigenvalue weighted by Gasteiger charge is -2.26. The Kier molecular flexibility index (Phi) is 4.76. The van der Waals surface area contributed by atoms with Gasteiger partial charge in [0.1, 0.15) is 0 Å². The van der Waals surface area contributed by atoms with Crippen LogP contribution >= 0.6 is 11.8 Å². The maximum Gasteiger partial charge on any atom is 0.0687 e. The molecule has 1 spiro atoms. The predicted octanol–water partition coefficient (Wildman–Crippen LogP) is 3.60. The van der Waals surface area contributed by atoms with E-state index in [4.69, 9.17) is 4.74 Å². The average Bonchev–Trinajstić information content (AvgIpc) is 3.12. The summed E-state index contributed by atoms with van der Waals surface area (Å²) in [5.74, 6) is 3.50. The Morgan fingerprint density at radius 1 is 1.21 bits per heavy atom. The van der Waals surface area contributed by atoms with E-state index in [0.29, 0.717) is 11.7 Å². The van der Waals surface area contributed by atoms with Crippen LogP contribution in [0.2, 0.25) is 0 Å². The number of hydrogen-bond donors (Lipinski definition) is 1. The standard InChI is InChI=1S/C16H29NOS/c1-2-9-17-15-12-19-11-13(15)10-14-5-8-16(18-14)6-3-4-7-16/h13-15,17H,2-12H2,1H3. The van der Waals surface area contributed by atoms with Crippen molar-refractivity contribution < 1.29 is 4.74 Å². The van der Waals surface area contributed by atoms with E-state index >= 15 is 0 Å². The van der Waals surface area contributed by atoms with Gasteiger partial charge in [0.2, 0.25) is 0 Å². The third kappa shape index (κ3) is 3.30. The van der Waals surface area contributed by atoms with Crippen molar-refractivity contribution in [2.75, 3.05) is 18.1 Å². The van der Waals surface area contributed by atoms with E-state index in [-0.39, 0.29) is 0 Å². The summed E-state index contributed by atoms with van der Waals surface area (Å²) in [6.07, 6.45) is 11.2. The molecule has 1 N–H and O–H groups in total. The van der Waals surface area contributed by atoms with Crippen molar-refractivity contribution in [2.45, 2.75) is 76.0 Å². The predicted molar refractivity (Wildman–Crippen MR) is 82.8 cm³/mol. The highest BCUT2D eigenvalue weighted by Crippen LogP contribution is 2.45. The van der Waals surface area contributed by atoms with Crippen molar-refractivity contribution in [1.29, 1.82) is 0 Å². The number of ether oxygens (including phenoxy) is 1. The molecule has 0 aromatic rings. The molecule has 3 heteroatoms. The summed E-state index contributed by atoms with van der Waals surface area (Å²) in [6, 6.07) is 0.744. The molecule has 2 aliphatic heterocycles. The SMILES string of the molecule is CCCNC1CSCC1CC1CCC2(CCCC2)O1. The highest BCUT2D eigenvalue weighted by Gasteiger charge is 2.43. The van der Waals surface area contributed by atoms with Crippen molar-refractivity contribution in [3.8, 4) is 0 Å². The summed E-state index contributed by atoms with van der Waals surface area (Å²) in [6.45, 7) is 3.44. The van der Waals surface area contributed by atoms with Crippen LogP contribution in [0.15, 0.2) is 0 Å². The van der Waals surface area contributed by atoms with Gasteiger partial charge < -0.3 is 10.1 Å². The first-order chi connectivity index (χ1) is 9.31. The smallest absolute Gasteiger partial charge is 0.0687 e. The Hall–Kier alpha value is 0.270. The van der Waals surface area contributed by atoms with Crippen LogP contribution in [0, 0.1) is 5.92 Å². The lowest BCUT2D eigenvalue weighted by molar-refractivity contribution is -0.0441.